The zero-order valence-corrected chi connectivity index (χ0v) is 24.6. The zero-order valence-electron chi connectivity index (χ0n) is 24.6. The lowest BCUT2D eigenvalue weighted by Crippen LogP contribution is -2.11. The molecule has 0 heterocycles. The Morgan fingerprint density at radius 3 is 1.58 bits per heavy atom. The first-order valence-corrected chi connectivity index (χ1v) is 15.2. The minimum atomic E-state index is 0.733. The Balaban J connectivity index is 1.18. The smallest absolute Gasteiger partial charge is 0.100 e. The van der Waals surface area contributed by atoms with Crippen molar-refractivity contribution in [1.82, 2.24) is 0 Å². The van der Waals surface area contributed by atoms with Crippen molar-refractivity contribution in [2.75, 3.05) is 4.90 Å². The van der Waals surface area contributed by atoms with Crippen LogP contribution in [0, 0.1) is 11.3 Å². The molecule has 0 spiro atoms. The highest BCUT2D eigenvalue weighted by Crippen LogP contribution is 2.42. The summed E-state index contributed by atoms with van der Waals surface area (Å²) < 4.78 is 0. The summed E-state index contributed by atoms with van der Waals surface area (Å²) in [7, 11) is 0. The molecule has 0 amide bonds. The third kappa shape index (κ3) is 4.78. The molecule has 2 nitrogen and oxygen atoms in total. The fraction of sp³-hybridized carbons (Fsp3) is 0. The van der Waals surface area contributed by atoms with Gasteiger partial charge in [-0.1, -0.05) is 133 Å². The molecule has 0 aliphatic heterocycles. The quantitative estimate of drug-likeness (QED) is 0.151. The molecule has 2 heteroatoms. The van der Waals surface area contributed by atoms with Gasteiger partial charge in [0.2, 0.25) is 0 Å². The van der Waals surface area contributed by atoms with Gasteiger partial charge in [0.1, 0.15) is 6.07 Å². The van der Waals surface area contributed by atoms with E-state index in [0.29, 0.717) is 0 Å². The van der Waals surface area contributed by atoms with Crippen molar-refractivity contribution in [3.63, 3.8) is 0 Å². The molecule has 0 saturated heterocycles. The topological polar surface area (TPSA) is 27.0 Å². The Labute approximate surface area is 262 Å². The second-order valence-electron chi connectivity index (χ2n) is 11.3. The Bertz CT molecular complexity index is 2360. The van der Waals surface area contributed by atoms with Crippen molar-refractivity contribution in [1.29, 1.82) is 5.26 Å². The molecule has 8 rings (SSSR count). The van der Waals surface area contributed by atoms with Crippen LogP contribution in [0.4, 0.5) is 17.1 Å². The van der Waals surface area contributed by atoms with E-state index in [4.69, 9.17) is 0 Å². The molecular formula is C43H28N2. The number of fused-ring (bicyclic) bond motifs is 4. The van der Waals surface area contributed by atoms with Crippen molar-refractivity contribution in [2.24, 2.45) is 0 Å². The number of nitriles is 1. The van der Waals surface area contributed by atoms with Gasteiger partial charge in [-0.3, -0.25) is 0 Å². The molecular weight excluding hydrogens is 544 g/mol. The van der Waals surface area contributed by atoms with E-state index >= 15 is 0 Å². The molecule has 0 aliphatic rings. The van der Waals surface area contributed by atoms with E-state index in [2.05, 4.69) is 163 Å². The van der Waals surface area contributed by atoms with Crippen LogP contribution in [0.15, 0.2) is 158 Å². The fourth-order valence-electron chi connectivity index (χ4n) is 6.46. The molecule has 0 atom stereocenters. The molecule has 0 fully saturated rings. The number of benzene rings is 8. The van der Waals surface area contributed by atoms with E-state index in [1.807, 2.05) is 18.2 Å². The first-order valence-electron chi connectivity index (χ1n) is 15.2. The second-order valence-corrected chi connectivity index (χ2v) is 11.3. The number of hydrogen-bond acceptors (Lipinski definition) is 2. The van der Waals surface area contributed by atoms with Gasteiger partial charge in [-0.2, -0.15) is 5.26 Å². The van der Waals surface area contributed by atoms with Crippen LogP contribution in [0.3, 0.4) is 0 Å². The van der Waals surface area contributed by atoms with Gasteiger partial charge >= 0.3 is 0 Å². The van der Waals surface area contributed by atoms with Crippen LogP contribution in [0.25, 0.3) is 55.2 Å². The normalized spacial score (nSPS) is 11.4. The molecule has 0 aromatic heterocycles. The SMILES string of the molecule is N#Cc1c2ccccc2cc2cc(/C=C/c3ccc(N(c4cccc5ccccc45)c4cccc5ccccc45)cc3)ccc12. The summed E-state index contributed by atoms with van der Waals surface area (Å²) in [6.07, 6.45) is 4.29. The summed E-state index contributed by atoms with van der Waals surface area (Å²) in [5.74, 6) is 0. The van der Waals surface area contributed by atoms with Crippen LogP contribution >= 0.6 is 0 Å². The third-order valence-electron chi connectivity index (χ3n) is 8.63. The highest BCUT2D eigenvalue weighted by atomic mass is 15.1. The first kappa shape index (κ1) is 26.5. The molecule has 0 aliphatic carbocycles. The van der Waals surface area contributed by atoms with E-state index in [1.54, 1.807) is 0 Å². The maximum Gasteiger partial charge on any atom is 0.100 e. The lowest BCUT2D eigenvalue weighted by molar-refractivity contribution is 1.31. The average molecular weight is 573 g/mol. The highest BCUT2D eigenvalue weighted by Gasteiger charge is 2.17. The molecule has 8 aromatic carbocycles. The van der Waals surface area contributed by atoms with Crippen LogP contribution in [0.2, 0.25) is 0 Å². The molecule has 8 aromatic rings. The van der Waals surface area contributed by atoms with Gasteiger partial charge in [0.05, 0.1) is 16.9 Å². The maximum absolute atomic E-state index is 9.90. The molecule has 0 saturated carbocycles. The van der Waals surface area contributed by atoms with E-state index in [0.717, 1.165) is 55.3 Å². The second kappa shape index (κ2) is 11.2. The van der Waals surface area contributed by atoms with Gasteiger partial charge in [-0.05, 0) is 69.1 Å². The van der Waals surface area contributed by atoms with Crippen LogP contribution in [-0.2, 0) is 0 Å². The van der Waals surface area contributed by atoms with E-state index in [1.165, 1.54) is 21.5 Å². The van der Waals surface area contributed by atoms with Crippen molar-refractivity contribution >= 4 is 72.3 Å². The van der Waals surface area contributed by atoms with Gasteiger partial charge in [0, 0.05) is 27.2 Å². The van der Waals surface area contributed by atoms with Crippen LogP contribution in [0.1, 0.15) is 16.7 Å². The molecule has 45 heavy (non-hydrogen) atoms. The standard InChI is InChI=1S/C43H28N2/c44-29-41-37-14-4-3-11-34(37)28-35-27-31(23-26-38(35)41)20-19-30-21-24-36(25-22-30)45(42-17-7-12-32-9-1-5-15-39(32)42)43-18-8-13-33-10-2-6-16-40(33)43/h1-28H/b20-19+. The maximum atomic E-state index is 9.90. The number of nitrogens with zero attached hydrogens (tertiary/aromatic N) is 2. The monoisotopic (exact) mass is 572 g/mol. The number of hydrogen-bond donors (Lipinski definition) is 0. The Hall–Kier alpha value is -6.17. The first-order chi connectivity index (χ1) is 22.3. The summed E-state index contributed by atoms with van der Waals surface area (Å²) in [4.78, 5) is 2.37. The van der Waals surface area contributed by atoms with Gasteiger partial charge < -0.3 is 4.90 Å². The molecule has 0 bridgehead atoms. The van der Waals surface area contributed by atoms with Gasteiger partial charge in [0.15, 0.2) is 0 Å². The molecule has 210 valence electrons. The van der Waals surface area contributed by atoms with E-state index in [-0.39, 0.29) is 0 Å². The predicted molar refractivity (Wildman–Crippen MR) is 191 cm³/mol. The number of anilines is 3. The van der Waals surface area contributed by atoms with Crippen LogP contribution in [-0.4, -0.2) is 0 Å². The third-order valence-corrected chi connectivity index (χ3v) is 8.63. The summed E-state index contributed by atoms with van der Waals surface area (Å²) in [5.41, 5.74) is 6.34. The summed E-state index contributed by atoms with van der Waals surface area (Å²) in [6, 6.07) is 57.9. The Morgan fingerprint density at radius 1 is 0.422 bits per heavy atom. The summed E-state index contributed by atoms with van der Waals surface area (Å²) in [5, 5.41) is 18.9. The van der Waals surface area contributed by atoms with Gasteiger partial charge in [0.25, 0.3) is 0 Å². The largest absolute Gasteiger partial charge is 0.309 e. The van der Waals surface area contributed by atoms with Gasteiger partial charge in [-0.15, -0.1) is 0 Å². The predicted octanol–water partition coefficient (Wildman–Crippen LogP) is 11.8. The molecule has 0 radical (unpaired) electrons. The fourth-order valence-corrected chi connectivity index (χ4v) is 6.46. The Morgan fingerprint density at radius 2 is 0.933 bits per heavy atom. The van der Waals surface area contributed by atoms with Crippen molar-refractivity contribution in [2.45, 2.75) is 0 Å². The number of rotatable bonds is 5. The zero-order chi connectivity index (χ0) is 30.2. The highest BCUT2D eigenvalue weighted by molar-refractivity contribution is 6.06. The summed E-state index contributed by atoms with van der Waals surface area (Å²) >= 11 is 0. The average Bonchev–Trinajstić information content (AvgIpc) is 3.10. The van der Waals surface area contributed by atoms with E-state index in [9.17, 15) is 5.26 Å². The Kier molecular flexibility index (Phi) is 6.56. The van der Waals surface area contributed by atoms with Crippen LogP contribution in [0.5, 0.6) is 0 Å². The molecule has 0 N–H and O–H groups in total. The summed E-state index contributed by atoms with van der Waals surface area (Å²) in [6.45, 7) is 0. The minimum absolute atomic E-state index is 0.733. The van der Waals surface area contributed by atoms with Crippen molar-refractivity contribution < 1.29 is 0 Å². The van der Waals surface area contributed by atoms with Crippen molar-refractivity contribution in [3.05, 3.63) is 174 Å². The van der Waals surface area contributed by atoms with Crippen LogP contribution < -0.4 is 4.90 Å². The molecule has 0 unspecified atom stereocenters. The lowest BCUT2D eigenvalue weighted by atomic mass is 9.96. The van der Waals surface area contributed by atoms with Crippen molar-refractivity contribution in [3.8, 4) is 6.07 Å². The van der Waals surface area contributed by atoms with Gasteiger partial charge in [-0.25, -0.2) is 0 Å². The lowest BCUT2D eigenvalue weighted by Gasteiger charge is -2.28. The van der Waals surface area contributed by atoms with E-state index < -0.39 is 0 Å². The minimum Gasteiger partial charge on any atom is -0.309 e.